The van der Waals surface area contributed by atoms with E-state index in [1.165, 1.54) is 23.0 Å². The predicted octanol–water partition coefficient (Wildman–Crippen LogP) is 3.77. The van der Waals surface area contributed by atoms with Crippen LogP contribution in [0.15, 0.2) is 47.6 Å². The minimum absolute atomic E-state index is 0.137. The van der Waals surface area contributed by atoms with Gasteiger partial charge in [0.2, 0.25) is 0 Å². The van der Waals surface area contributed by atoms with Gasteiger partial charge in [0.25, 0.3) is 0 Å². The van der Waals surface area contributed by atoms with Crippen molar-refractivity contribution in [2.24, 2.45) is 4.99 Å². The lowest BCUT2D eigenvalue weighted by Gasteiger charge is -2.23. The molecule has 142 valence electrons. The van der Waals surface area contributed by atoms with E-state index in [0.717, 1.165) is 12.8 Å². The van der Waals surface area contributed by atoms with Gasteiger partial charge in [-0.05, 0) is 31.0 Å². The molecule has 3 rings (SSSR count). The Morgan fingerprint density at radius 3 is 2.56 bits per heavy atom. The quantitative estimate of drug-likeness (QED) is 0.441. The summed E-state index contributed by atoms with van der Waals surface area (Å²) in [4.78, 5) is 5.11. The average molecular weight is 374 g/mol. The zero-order valence-corrected chi connectivity index (χ0v) is 14.8. The van der Waals surface area contributed by atoms with E-state index in [0.29, 0.717) is 6.54 Å². The van der Waals surface area contributed by atoms with E-state index in [2.05, 4.69) is 10.3 Å². The van der Waals surface area contributed by atoms with E-state index in [1.54, 1.807) is 6.08 Å². The molecular formula is C20H21F3N4. The number of nitrogens with one attached hydrogen (secondary N) is 1. The molecular weight excluding hydrogens is 353 g/mol. The first-order chi connectivity index (χ1) is 13.1. The lowest BCUT2D eigenvalue weighted by molar-refractivity contribution is 0.473. The maximum Gasteiger partial charge on any atom is 0.185 e. The van der Waals surface area contributed by atoms with Crippen LogP contribution in [-0.2, 0) is 13.0 Å². The van der Waals surface area contributed by atoms with E-state index in [1.807, 2.05) is 30.3 Å². The Morgan fingerprint density at radius 1 is 1.07 bits per heavy atom. The summed E-state index contributed by atoms with van der Waals surface area (Å²) in [6.07, 6.45) is 6.08. The molecule has 7 heteroatoms. The summed E-state index contributed by atoms with van der Waals surface area (Å²) in [5.74, 6) is -3.34. The van der Waals surface area contributed by atoms with Crippen LogP contribution in [0.2, 0.25) is 0 Å². The first kappa shape index (κ1) is 19.0. The third kappa shape index (κ3) is 4.31. The lowest BCUT2D eigenvalue weighted by Crippen LogP contribution is -2.27. The van der Waals surface area contributed by atoms with Crippen LogP contribution < -0.4 is 16.0 Å². The van der Waals surface area contributed by atoms with Crippen LogP contribution in [0, 0.1) is 17.5 Å². The van der Waals surface area contributed by atoms with Gasteiger partial charge in [-0.1, -0.05) is 30.3 Å². The summed E-state index contributed by atoms with van der Waals surface area (Å²) in [6, 6.07) is 9.91. The highest BCUT2D eigenvalue weighted by Gasteiger charge is 2.26. The van der Waals surface area contributed by atoms with Crippen LogP contribution in [0.1, 0.15) is 17.5 Å². The van der Waals surface area contributed by atoms with Crippen LogP contribution in [-0.4, -0.2) is 19.4 Å². The fraction of sp³-hybridized carbons (Fsp3) is 0.250. The second kappa shape index (κ2) is 8.73. The van der Waals surface area contributed by atoms with Crippen LogP contribution in [0.3, 0.4) is 0 Å². The lowest BCUT2D eigenvalue weighted by atomic mass is 10.1. The average Bonchev–Trinajstić information content (AvgIpc) is 2.70. The monoisotopic (exact) mass is 374 g/mol. The number of hydrogen-bond acceptors (Lipinski definition) is 4. The van der Waals surface area contributed by atoms with E-state index in [9.17, 15) is 13.2 Å². The fourth-order valence-electron chi connectivity index (χ4n) is 2.97. The van der Waals surface area contributed by atoms with E-state index in [-0.39, 0.29) is 18.8 Å². The number of aryl methyl sites for hydroxylation is 1. The SMILES string of the molecule is Nc1c(F)c(CNCCCc2ccccc2)c(F)c(F)c1N1C=NC=CC1. The number of nitrogens with zero attached hydrogens (tertiary/aromatic N) is 2. The number of rotatable bonds is 7. The van der Waals surface area contributed by atoms with Crippen molar-refractivity contribution >= 4 is 17.7 Å². The number of aliphatic imine (C=N–C) groups is 1. The third-order valence-electron chi connectivity index (χ3n) is 4.37. The Labute approximate surface area is 156 Å². The minimum Gasteiger partial charge on any atom is -0.395 e. The molecule has 0 radical (unpaired) electrons. The van der Waals surface area contributed by atoms with Crippen molar-refractivity contribution in [2.75, 3.05) is 23.7 Å². The van der Waals surface area contributed by atoms with Gasteiger partial charge in [0, 0.05) is 24.9 Å². The summed E-state index contributed by atoms with van der Waals surface area (Å²) in [5.41, 5.74) is 5.80. The Kier molecular flexibility index (Phi) is 6.13. The number of nitrogen functional groups attached to an aromatic ring is 1. The zero-order valence-electron chi connectivity index (χ0n) is 14.8. The van der Waals surface area contributed by atoms with Gasteiger partial charge >= 0.3 is 0 Å². The first-order valence-electron chi connectivity index (χ1n) is 8.74. The van der Waals surface area contributed by atoms with Crippen LogP contribution in [0.25, 0.3) is 0 Å². The second-order valence-corrected chi connectivity index (χ2v) is 6.25. The molecule has 4 nitrogen and oxygen atoms in total. The molecule has 0 unspecified atom stereocenters. The molecule has 0 aliphatic carbocycles. The van der Waals surface area contributed by atoms with Crippen molar-refractivity contribution in [2.45, 2.75) is 19.4 Å². The van der Waals surface area contributed by atoms with E-state index >= 15 is 0 Å². The van der Waals surface area contributed by atoms with Crippen molar-refractivity contribution in [3.05, 3.63) is 71.2 Å². The fourth-order valence-corrected chi connectivity index (χ4v) is 2.97. The molecule has 1 heterocycles. The molecule has 27 heavy (non-hydrogen) atoms. The summed E-state index contributed by atoms with van der Waals surface area (Å²) in [7, 11) is 0. The zero-order chi connectivity index (χ0) is 19.2. The molecule has 1 aliphatic heterocycles. The van der Waals surface area contributed by atoms with Gasteiger partial charge in [-0.15, -0.1) is 0 Å². The maximum absolute atomic E-state index is 14.6. The highest BCUT2D eigenvalue weighted by atomic mass is 19.2. The van der Waals surface area contributed by atoms with Crippen molar-refractivity contribution in [1.29, 1.82) is 0 Å². The molecule has 0 bridgehead atoms. The van der Waals surface area contributed by atoms with Crippen molar-refractivity contribution in [3.63, 3.8) is 0 Å². The molecule has 2 aromatic carbocycles. The van der Waals surface area contributed by atoms with Gasteiger partial charge in [-0.3, -0.25) is 0 Å². The van der Waals surface area contributed by atoms with Crippen LogP contribution in [0.5, 0.6) is 0 Å². The normalized spacial score (nSPS) is 13.4. The topological polar surface area (TPSA) is 53.6 Å². The molecule has 2 aromatic rings. The first-order valence-corrected chi connectivity index (χ1v) is 8.74. The molecule has 1 aliphatic rings. The highest BCUT2D eigenvalue weighted by Crippen LogP contribution is 2.34. The Morgan fingerprint density at radius 2 is 1.85 bits per heavy atom. The van der Waals surface area contributed by atoms with Gasteiger partial charge in [-0.2, -0.15) is 0 Å². The predicted molar refractivity (Wildman–Crippen MR) is 102 cm³/mol. The second-order valence-electron chi connectivity index (χ2n) is 6.25. The van der Waals surface area contributed by atoms with Crippen molar-refractivity contribution in [3.8, 4) is 0 Å². The smallest absolute Gasteiger partial charge is 0.185 e. The molecule has 0 aromatic heterocycles. The van der Waals surface area contributed by atoms with Gasteiger partial charge < -0.3 is 16.0 Å². The van der Waals surface area contributed by atoms with Gasteiger partial charge in [0.1, 0.15) is 5.69 Å². The Bertz CT molecular complexity index is 821. The Hall–Kier alpha value is -2.80. The van der Waals surface area contributed by atoms with Crippen LogP contribution in [0.4, 0.5) is 24.5 Å². The van der Waals surface area contributed by atoms with Crippen LogP contribution >= 0.6 is 0 Å². The number of halogens is 3. The molecule has 0 amide bonds. The maximum atomic E-state index is 14.6. The van der Waals surface area contributed by atoms with Crippen molar-refractivity contribution < 1.29 is 13.2 Å². The minimum atomic E-state index is -1.23. The summed E-state index contributed by atoms with van der Waals surface area (Å²) < 4.78 is 43.5. The number of nitrogens with two attached hydrogens (primary N) is 1. The largest absolute Gasteiger partial charge is 0.395 e. The van der Waals surface area contributed by atoms with Gasteiger partial charge in [0.15, 0.2) is 17.5 Å². The molecule has 0 atom stereocenters. The van der Waals surface area contributed by atoms with Gasteiger partial charge in [-0.25, -0.2) is 18.2 Å². The van der Waals surface area contributed by atoms with E-state index in [4.69, 9.17) is 5.73 Å². The number of anilines is 2. The molecule has 0 fully saturated rings. The molecule has 0 saturated carbocycles. The van der Waals surface area contributed by atoms with Crippen molar-refractivity contribution in [1.82, 2.24) is 5.32 Å². The highest BCUT2D eigenvalue weighted by molar-refractivity contribution is 5.87. The molecule has 0 saturated heterocycles. The molecule has 3 N–H and O–H groups in total. The third-order valence-corrected chi connectivity index (χ3v) is 4.37. The van der Waals surface area contributed by atoms with Gasteiger partial charge in [0.05, 0.1) is 12.0 Å². The summed E-state index contributed by atoms with van der Waals surface area (Å²) in [6.45, 7) is 0.642. The number of benzene rings is 2. The standard InChI is InChI=1S/C20H21F3N4/c21-16-15(12-25-9-4-8-14-6-2-1-3-7-14)17(22)19(24)20(18(16)23)27-11-5-10-26-13-27/h1-3,5-7,10,13,25H,4,8-9,11-12,24H2. The summed E-state index contributed by atoms with van der Waals surface area (Å²) >= 11 is 0. The Balaban J connectivity index is 1.65. The number of hydrogen-bond donors (Lipinski definition) is 2. The molecule has 0 spiro atoms. The van der Waals surface area contributed by atoms with E-state index < -0.39 is 28.7 Å². The summed E-state index contributed by atoms with van der Waals surface area (Å²) in [5, 5.41) is 2.95.